The Morgan fingerprint density at radius 3 is 2.31 bits per heavy atom. The number of sulfone groups is 1. The zero-order valence-corrected chi connectivity index (χ0v) is 17.9. The molecule has 0 saturated heterocycles. The summed E-state index contributed by atoms with van der Waals surface area (Å²) in [5.41, 5.74) is -1.27. The van der Waals surface area contributed by atoms with Crippen molar-refractivity contribution >= 4 is 37.4 Å². The van der Waals surface area contributed by atoms with Crippen molar-refractivity contribution in [1.29, 1.82) is 0 Å². The second-order valence-corrected chi connectivity index (χ2v) is 9.26. The van der Waals surface area contributed by atoms with E-state index in [-0.39, 0.29) is 29.4 Å². The second-order valence-electron chi connectivity index (χ2n) is 6.23. The highest BCUT2D eigenvalue weighted by Crippen LogP contribution is 2.34. The number of hydrogen-bond acceptors (Lipinski definition) is 4. The van der Waals surface area contributed by atoms with Crippen molar-refractivity contribution in [2.24, 2.45) is 0 Å². The molecular weight excluding hydrogens is 473 g/mol. The first-order valence-electron chi connectivity index (χ1n) is 8.69. The quantitative estimate of drug-likeness (QED) is 0.599. The molecule has 5 nitrogen and oxygen atoms in total. The first-order chi connectivity index (χ1) is 13.5. The van der Waals surface area contributed by atoms with Crippen LogP contribution in [0.4, 0.5) is 18.9 Å². The number of amides is 1. The van der Waals surface area contributed by atoms with Crippen molar-refractivity contribution in [3.8, 4) is 0 Å². The van der Waals surface area contributed by atoms with Crippen LogP contribution in [0.15, 0.2) is 57.9 Å². The molecule has 0 saturated carbocycles. The van der Waals surface area contributed by atoms with Crippen LogP contribution in [0.2, 0.25) is 0 Å². The molecule has 158 valence electrons. The van der Waals surface area contributed by atoms with E-state index in [0.29, 0.717) is 6.54 Å². The third-order valence-corrected chi connectivity index (χ3v) is 6.41. The van der Waals surface area contributed by atoms with Gasteiger partial charge >= 0.3 is 6.18 Å². The lowest BCUT2D eigenvalue weighted by molar-refractivity contribution is -0.137. The normalized spacial score (nSPS) is 12.2. The van der Waals surface area contributed by atoms with E-state index in [1.165, 1.54) is 30.3 Å². The Kier molecular flexibility index (Phi) is 7.84. The number of anilines is 1. The summed E-state index contributed by atoms with van der Waals surface area (Å²) in [6, 6.07) is 10.9. The van der Waals surface area contributed by atoms with E-state index in [4.69, 9.17) is 0 Å². The molecule has 0 aromatic heterocycles. The summed E-state index contributed by atoms with van der Waals surface area (Å²) >= 11 is 3.24. The highest BCUT2D eigenvalue weighted by molar-refractivity contribution is 9.10. The molecule has 1 amide bonds. The van der Waals surface area contributed by atoms with Crippen molar-refractivity contribution in [1.82, 2.24) is 4.90 Å². The predicted octanol–water partition coefficient (Wildman–Crippen LogP) is 4.20. The third kappa shape index (κ3) is 6.83. The average molecular weight is 493 g/mol. The first kappa shape index (κ1) is 23.4. The summed E-state index contributed by atoms with van der Waals surface area (Å²) in [6.45, 7) is 1.95. The molecule has 2 aromatic rings. The van der Waals surface area contributed by atoms with Gasteiger partial charge in [-0.2, -0.15) is 13.2 Å². The fraction of sp³-hybridized carbons (Fsp3) is 0.316. The number of carbonyl (C=O) groups excluding carboxylic acids is 1. The molecule has 2 rings (SSSR count). The Morgan fingerprint density at radius 1 is 1.10 bits per heavy atom. The fourth-order valence-electron chi connectivity index (χ4n) is 2.59. The van der Waals surface area contributed by atoms with E-state index < -0.39 is 27.5 Å². The van der Waals surface area contributed by atoms with Crippen LogP contribution in [0.25, 0.3) is 0 Å². The minimum absolute atomic E-state index is 0.0727. The maximum absolute atomic E-state index is 13.0. The molecule has 0 fully saturated rings. The molecule has 1 N–H and O–H groups in total. The zero-order valence-electron chi connectivity index (χ0n) is 15.5. The molecular formula is C19H20BrF3N2O3S. The molecule has 29 heavy (non-hydrogen) atoms. The molecule has 0 spiro atoms. The third-order valence-electron chi connectivity index (χ3n) is 4.17. The number of nitrogens with zero attached hydrogens (tertiary/aromatic N) is 1. The Labute approximate surface area is 176 Å². The summed E-state index contributed by atoms with van der Waals surface area (Å²) in [7, 11) is -3.55. The molecule has 0 aliphatic heterocycles. The summed E-state index contributed by atoms with van der Waals surface area (Å²) < 4.78 is 64.7. The van der Waals surface area contributed by atoms with Gasteiger partial charge in [0.05, 0.1) is 28.4 Å². The second kappa shape index (κ2) is 9.73. The molecule has 0 aliphatic rings. The van der Waals surface area contributed by atoms with Crippen molar-refractivity contribution in [3.63, 3.8) is 0 Å². The van der Waals surface area contributed by atoms with E-state index in [2.05, 4.69) is 21.2 Å². The number of alkyl halides is 3. The lowest BCUT2D eigenvalue weighted by Gasteiger charge is -2.20. The Bertz CT molecular complexity index is 948. The number of benzene rings is 2. The van der Waals surface area contributed by atoms with Gasteiger partial charge in [-0.1, -0.05) is 35.0 Å². The Balaban J connectivity index is 2.00. The van der Waals surface area contributed by atoms with Gasteiger partial charge in [-0.05, 0) is 42.9 Å². The van der Waals surface area contributed by atoms with Gasteiger partial charge in [-0.3, -0.25) is 9.69 Å². The largest absolute Gasteiger partial charge is 0.418 e. The molecule has 10 heteroatoms. The predicted molar refractivity (Wildman–Crippen MR) is 108 cm³/mol. The summed E-state index contributed by atoms with van der Waals surface area (Å²) in [5, 5.41) is 2.26. The van der Waals surface area contributed by atoms with E-state index in [1.807, 2.05) is 0 Å². The van der Waals surface area contributed by atoms with Gasteiger partial charge in [0, 0.05) is 11.0 Å². The standard InChI is InChI=1S/C19H20BrF3N2O3S/c1-2-25(11-12-29(27,28)15-9-7-14(20)8-10-15)13-18(26)24-17-6-4-3-5-16(17)19(21,22)23/h3-10H,2,11-13H2,1H3,(H,24,26). The number of rotatable bonds is 8. The monoisotopic (exact) mass is 492 g/mol. The van der Waals surface area contributed by atoms with Crippen LogP contribution in [-0.2, 0) is 20.8 Å². The molecule has 0 radical (unpaired) electrons. The summed E-state index contributed by atoms with van der Waals surface area (Å²) in [4.78, 5) is 13.9. The fourth-order valence-corrected chi connectivity index (χ4v) is 4.14. The van der Waals surface area contributed by atoms with E-state index in [1.54, 1.807) is 24.0 Å². The van der Waals surface area contributed by atoms with Crippen molar-refractivity contribution < 1.29 is 26.4 Å². The van der Waals surface area contributed by atoms with Gasteiger partial charge in [-0.25, -0.2) is 8.42 Å². The molecule has 0 aliphatic carbocycles. The van der Waals surface area contributed by atoms with Gasteiger partial charge in [0.2, 0.25) is 5.91 Å². The maximum Gasteiger partial charge on any atom is 0.418 e. The van der Waals surface area contributed by atoms with Gasteiger partial charge < -0.3 is 5.32 Å². The number of hydrogen-bond donors (Lipinski definition) is 1. The van der Waals surface area contributed by atoms with Crippen molar-refractivity contribution in [2.75, 3.05) is 30.7 Å². The number of para-hydroxylation sites is 1. The molecule has 0 heterocycles. The maximum atomic E-state index is 13.0. The minimum Gasteiger partial charge on any atom is -0.324 e. The average Bonchev–Trinajstić information content (AvgIpc) is 2.65. The summed E-state index contributed by atoms with van der Waals surface area (Å²) in [5.74, 6) is -0.862. The Morgan fingerprint density at radius 2 is 1.72 bits per heavy atom. The number of carbonyl (C=O) groups is 1. The lowest BCUT2D eigenvalue weighted by Crippen LogP contribution is -2.36. The van der Waals surface area contributed by atoms with Crippen LogP contribution in [0.5, 0.6) is 0 Å². The van der Waals surface area contributed by atoms with Crippen molar-refractivity contribution in [2.45, 2.75) is 18.0 Å². The lowest BCUT2D eigenvalue weighted by atomic mass is 10.1. The van der Waals surface area contributed by atoms with Crippen molar-refractivity contribution in [3.05, 3.63) is 58.6 Å². The van der Waals surface area contributed by atoms with Gasteiger partial charge in [0.1, 0.15) is 0 Å². The van der Waals surface area contributed by atoms with Crippen LogP contribution in [0.3, 0.4) is 0 Å². The molecule has 0 atom stereocenters. The molecule has 0 unspecified atom stereocenters. The van der Waals surface area contributed by atoms with Crippen LogP contribution < -0.4 is 5.32 Å². The minimum atomic E-state index is -4.59. The SMILES string of the molecule is CCN(CCS(=O)(=O)c1ccc(Br)cc1)CC(=O)Nc1ccccc1C(F)(F)F. The number of likely N-dealkylation sites (N-methyl/N-ethyl adjacent to an activating group) is 1. The van der Waals surface area contributed by atoms with E-state index >= 15 is 0 Å². The van der Waals surface area contributed by atoms with Gasteiger partial charge in [-0.15, -0.1) is 0 Å². The topological polar surface area (TPSA) is 66.5 Å². The smallest absolute Gasteiger partial charge is 0.324 e. The van der Waals surface area contributed by atoms with Crippen LogP contribution in [0, 0.1) is 0 Å². The van der Waals surface area contributed by atoms with Crippen LogP contribution in [0.1, 0.15) is 12.5 Å². The molecule has 2 aromatic carbocycles. The number of nitrogens with one attached hydrogen (secondary N) is 1. The highest BCUT2D eigenvalue weighted by atomic mass is 79.9. The summed E-state index contributed by atoms with van der Waals surface area (Å²) in [6.07, 6.45) is -4.59. The Hall–Kier alpha value is -1.91. The number of halogens is 4. The van der Waals surface area contributed by atoms with Gasteiger partial charge in [0.25, 0.3) is 0 Å². The highest BCUT2D eigenvalue weighted by Gasteiger charge is 2.33. The van der Waals surface area contributed by atoms with Crippen LogP contribution >= 0.6 is 15.9 Å². The zero-order chi connectivity index (χ0) is 21.7. The first-order valence-corrected chi connectivity index (χ1v) is 11.1. The van der Waals surface area contributed by atoms with E-state index in [0.717, 1.165) is 10.5 Å². The van der Waals surface area contributed by atoms with Crippen LogP contribution in [-0.4, -0.2) is 44.6 Å². The molecule has 0 bridgehead atoms. The van der Waals surface area contributed by atoms with E-state index in [9.17, 15) is 26.4 Å². The van der Waals surface area contributed by atoms with Gasteiger partial charge in [0.15, 0.2) is 9.84 Å².